The second-order valence-corrected chi connectivity index (χ2v) is 7.14. The number of nitrogens with zero attached hydrogens (tertiary/aromatic N) is 2. The fraction of sp³-hybridized carbons (Fsp3) is 0.143. The number of rotatable bonds is 5. The van der Waals surface area contributed by atoms with Crippen LogP contribution in [0.1, 0.15) is 37.7 Å². The molecule has 1 aromatic heterocycles. The molecule has 3 rings (SSSR count). The van der Waals surface area contributed by atoms with Gasteiger partial charge in [-0.15, -0.1) is 0 Å². The first-order valence-electron chi connectivity index (χ1n) is 8.71. The van der Waals surface area contributed by atoms with Crippen molar-refractivity contribution in [3.63, 3.8) is 0 Å². The van der Waals surface area contributed by atoms with Crippen molar-refractivity contribution in [3.05, 3.63) is 88.7 Å². The van der Waals surface area contributed by atoms with Crippen LogP contribution in [0.15, 0.2) is 65.8 Å². The number of nitrogens with one attached hydrogen (secondary N) is 2. The molecule has 142 valence electrons. The summed E-state index contributed by atoms with van der Waals surface area (Å²) in [5.74, 6) is -0.0354. The van der Waals surface area contributed by atoms with Crippen molar-refractivity contribution < 1.29 is 9.59 Å². The molecule has 0 fully saturated rings. The summed E-state index contributed by atoms with van der Waals surface area (Å²) in [4.78, 5) is 33.0. The Kier molecular flexibility index (Phi) is 6.39. The summed E-state index contributed by atoms with van der Waals surface area (Å²) in [6, 6.07) is 17.8. The molecule has 0 unspecified atom stereocenters. The Bertz CT molecular complexity index is 955. The highest BCUT2D eigenvalue weighted by Gasteiger charge is 2.09. The molecule has 0 aliphatic carbocycles. The highest BCUT2D eigenvalue weighted by molar-refractivity contribution is 7.98. The molecule has 2 amide bonds. The average molecular weight is 392 g/mol. The Morgan fingerprint density at radius 1 is 0.821 bits per heavy atom. The van der Waals surface area contributed by atoms with E-state index in [0.29, 0.717) is 16.9 Å². The summed E-state index contributed by atoms with van der Waals surface area (Å²) >= 11 is 1.55. The van der Waals surface area contributed by atoms with Crippen molar-refractivity contribution in [3.8, 4) is 0 Å². The highest BCUT2D eigenvalue weighted by atomic mass is 32.2. The molecule has 0 saturated heterocycles. The fourth-order valence-electron chi connectivity index (χ4n) is 2.51. The molecule has 1 heterocycles. The van der Waals surface area contributed by atoms with Gasteiger partial charge in [0, 0.05) is 28.3 Å². The van der Waals surface area contributed by atoms with Gasteiger partial charge in [0.1, 0.15) is 0 Å². The smallest absolute Gasteiger partial charge is 0.267 e. The molecular formula is C21H20N4O2S. The van der Waals surface area contributed by atoms with Crippen LogP contribution in [0.4, 0.5) is 0 Å². The van der Waals surface area contributed by atoms with Crippen LogP contribution in [0.2, 0.25) is 0 Å². The molecule has 0 spiro atoms. The van der Waals surface area contributed by atoms with Crippen LogP contribution in [0.3, 0.4) is 0 Å². The van der Waals surface area contributed by atoms with E-state index in [1.165, 1.54) is 0 Å². The minimum Gasteiger partial charge on any atom is -0.267 e. The highest BCUT2D eigenvalue weighted by Crippen LogP contribution is 2.20. The molecule has 0 bridgehead atoms. The van der Waals surface area contributed by atoms with Gasteiger partial charge < -0.3 is 0 Å². The van der Waals surface area contributed by atoms with Crippen molar-refractivity contribution in [1.29, 1.82) is 0 Å². The fourth-order valence-corrected chi connectivity index (χ4v) is 3.41. The van der Waals surface area contributed by atoms with Crippen molar-refractivity contribution in [2.75, 3.05) is 0 Å². The lowest BCUT2D eigenvalue weighted by molar-refractivity contribution is 0.0846. The maximum atomic E-state index is 12.2. The molecule has 0 aliphatic rings. The number of hydrogen-bond acceptors (Lipinski definition) is 5. The molecule has 6 nitrogen and oxygen atoms in total. The van der Waals surface area contributed by atoms with Gasteiger partial charge in [-0.3, -0.25) is 20.4 Å². The van der Waals surface area contributed by atoms with E-state index in [-0.39, 0.29) is 11.8 Å². The van der Waals surface area contributed by atoms with E-state index >= 15 is 0 Å². The second-order valence-electron chi connectivity index (χ2n) is 6.19. The zero-order chi connectivity index (χ0) is 19.9. The number of aryl methyl sites for hydroxylation is 2. The number of thioether (sulfide) groups is 1. The van der Waals surface area contributed by atoms with Crippen LogP contribution >= 0.6 is 11.8 Å². The Morgan fingerprint density at radius 3 is 1.93 bits per heavy atom. The molecule has 2 N–H and O–H groups in total. The van der Waals surface area contributed by atoms with Crippen molar-refractivity contribution in [2.45, 2.75) is 24.8 Å². The van der Waals surface area contributed by atoms with E-state index in [2.05, 4.69) is 20.8 Å². The SMILES string of the molecule is Cc1cc(C)nc(SCc2ccc(C(=O)NNC(=O)c3ccccc3)cc2)n1. The molecule has 0 saturated carbocycles. The van der Waals surface area contributed by atoms with Crippen molar-refractivity contribution >= 4 is 23.6 Å². The van der Waals surface area contributed by atoms with Crippen LogP contribution in [0.25, 0.3) is 0 Å². The summed E-state index contributed by atoms with van der Waals surface area (Å²) in [5, 5.41) is 0.739. The van der Waals surface area contributed by atoms with E-state index in [9.17, 15) is 9.59 Å². The van der Waals surface area contributed by atoms with E-state index < -0.39 is 0 Å². The predicted molar refractivity (Wildman–Crippen MR) is 109 cm³/mol. The number of carbonyl (C=O) groups excluding carboxylic acids is 2. The molecule has 28 heavy (non-hydrogen) atoms. The van der Waals surface area contributed by atoms with Crippen LogP contribution in [-0.2, 0) is 5.75 Å². The quantitative estimate of drug-likeness (QED) is 0.395. The first kappa shape index (κ1) is 19.6. The maximum Gasteiger partial charge on any atom is 0.269 e. The lowest BCUT2D eigenvalue weighted by Crippen LogP contribution is -2.41. The number of carbonyl (C=O) groups is 2. The number of amides is 2. The standard InChI is InChI=1S/C21H20N4O2S/c1-14-12-15(2)23-21(22-14)28-13-16-8-10-18(11-9-16)20(27)25-24-19(26)17-6-4-3-5-7-17/h3-12H,13H2,1-2H3,(H,24,26)(H,25,27). The minimum atomic E-state index is -0.374. The summed E-state index contributed by atoms with van der Waals surface area (Å²) < 4.78 is 0. The third kappa shape index (κ3) is 5.40. The summed E-state index contributed by atoms with van der Waals surface area (Å²) in [5.41, 5.74) is 8.71. The number of benzene rings is 2. The van der Waals surface area contributed by atoms with Crippen LogP contribution in [0.5, 0.6) is 0 Å². The Balaban J connectivity index is 1.53. The summed E-state index contributed by atoms with van der Waals surface area (Å²) in [7, 11) is 0. The lowest BCUT2D eigenvalue weighted by atomic mass is 10.1. The third-order valence-corrected chi connectivity index (χ3v) is 4.79. The first-order valence-corrected chi connectivity index (χ1v) is 9.69. The second kappa shape index (κ2) is 9.14. The van der Waals surface area contributed by atoms with Crippen LogP contribution < -0.4 is 10.9 Å². The van der Waals surface area contributed by atoms with Gasteiger partial charge >= 0.3 is 0 Å². The number of hydrazine groups is 1. The zero-order valence-electron chi connectivity index (χ0n) is 15.6. The monoisotopic (exact) mass is 392 g/mol. The van der Waals surface area contributed by atoms with Gasteiger partial charge in [-0.05, 0) is 49.7 Å². The third-order valence-electron chi connectivity index (χ3n) is 3.87. The normalized spacial score (nSPS) is 10.4. The molecule has 7 heteroatoms. The molecular weight excluding hydrogens is 372 g/mol. The van der Waals surface area contributed by atoms with Gasteiger partial charge in [0.2, 0.25) is 0 Å². The van der Waals surface area contributed by atoms with E-state index in [1.54, 1.807) is 48.2 Å². The molecule has 0 radical (unpaired) electrons. The van der Waals surface area contributed by atoms with Gasteiger partial charge in [-0.1, -0.05) is 42.1 Å². The maximum absolute atomic E-state index is 12.2. The molecule has 2 aromatic carbocycles. The lowest BCUT2D eigenvalue weighted by Gasteiger charge is -2.08. The number of hydrogen-bond donors (Lipinski definition) is 2. The Labute approximate surface area is 167 Å². The van der Waals surface area contributed by atoms with Crippen molar-refractivity contribution in [2.24, 2.45) is 0 Å². The summed E-state index contributed by atoms with van der Waals surface area (Å²) in [6.07, 6.45) is 0. The van der Waals surface area contributed by atoms with E-state index in [4.69, 9.17) is 0 Å². The van der Waals surface area contributed by atoms with E-state index in [1.807, 2.05) is 38.1 Å². The van der Waals surface area contributed by atoms with Gasteiger partial charge in [-0.25, -0.2) is 9.97 Å². The molecule has 0 aliphatic heterocycles. The van der Waals surface area contributed by atoms with Crippen molar-refractivity contribution in [1.82, 2.24) is 20.8 Å². The van der Waals surface area contributed by atoms with Crippen LogP contribution in [0, 0.1) is 13.8 Å². The topological polar surface area (TPSA) is 84.0 Å². The van der Waals surface area contributed by atoms with Gasteiger partial charge in [0.25, 0.3) is 11.8 Å². The largest absolute Gasteiger partial charge is 0.269 e. The first-order chi connectivity index (χ1) is 13.5. The Hall–Kier alpha value is -3.19. The Morgan fingerprint density at radius 2 is 1.36 bits per heavy atom. The average Bonchev–Trinajstić information content (AvgIpc) is 2.70. The zero-order valence-corrected chi connectivity index (χ0v) is 16.4. The molecule has 3 aromatic rings. The van der Waals surface area contributed by atoms with Gasteiger partial charge in [0.05, 0.1) is 0 Å². The van der Waals surface area contributed by atoms with Crippen LogP contribution in [-0.4, -0.2) is 21.8 Å². The minimum absolute atomic E-state index is 0.365. The number of aromatic nitrogens is 2. The summed E-state index contributed by atoms with van der Waals surface area (Å²) in [6.45, 7) is 3.89. The molecule has 0 atom stereocenters. The van der Waals surface area contributed by atoms with Gasteiger partial charge in [-0.2, -0.15) is 0 Å². The van der Waals surface area contributed by atoms with Gasteiger partial charge in [0.15, 0.2) is 5.16 Å². The predicted octanol–water partition coefficient (Wildman–Crippen LogP) is 3.46. The van der Waals surface area contributed by atoms with E-state index in [0.717, 1.165) is 22.1 Å².